The van der Waals surface area contributed by atoms with Gasteiger partial charge in [-0.05, 0) is 50.6 Å². The standard InChI is InChI=1S/C18H29N5O/c24-18-2-1-15-12-22(13-17-20-8-9-21-17)10-5-16(15)23(18)11-14-3-6-19-7-4-14/h8-9,14-16,19H,1-7,10-13H2,(H,20,21)/t15-,16+/m1/s1. The van der Waals surface area contributed by atoms with E-state index in [0.29, 0.717) is 23.8 Å². The van der Waals surface area contributed by atoms with Crippen LogP contribution in [0.2, 0.25) is 0 Å². The molecule has 0 spiro atoms. The Kier molecular flexibility index (Phi) is 4.85. The number of aromatic nitrogens is 2. The molecular weight excluding hydrogens is 302 g/mol. The van der Waals surface area contributed by atoms with Crippen molar-refractivity contribution in [2.45, 2.75) is 44.7 Å². The van der Waals surface area contributed by atoms with Crippen LogP contribution in [0.3, 0.4) is 0 Å². The van der Waals surface area contributed by atoms with Gasteiger partial charge in [-0.3, -0.25) is 9.69 Å². The van der Waals surface area contributed by atoms with E-state index >= 15 is 0 Å². The molecule has 0 bridgehead atoms. The number of hydrogen-bond acceptors (Lipinski definition) is 4. The van der Waals surface area contributed by atoms with Crippen molar-refractivity contribution in [1.82, 2.24) is 25.1 Å². The fourth-order valence-corrected chi connectivity index (χ4v) is 4.75. The number of hydrogen-bond donors (Lipinski definition) is 2. The summed E-state index contributed by atoms with van der Waals surface area (Å²) in [6.45, 7) is 6.27. The molecular formula is C18H29N5O. The third-order valence-corrected chi connectivity index (χ3v) is 6.07. The van der Waals surface area contributed by atoms with Gasteiger partial charge in [-0.1, -0.05) is 0 Å². The lowest BCUT2D eigenvalue weighted by Crippen LogP contribution is -2.57. The second kappa shape index (κ2) is 7.23. The van der Waals surface area contributed by atoms with Gasteiger partial charge in [0.1, 0.15) is 5.82 Å². The SMILES string of the molecule is O=C1CC[C@@H]2CN(Cc3ncc[nH]3)CC[C@@H]2N1CC1CCNCC1. The molecule has 0 saturated carbocycles. The smallest absolute Gasteiger partial charge is 0.222 e. The number of nitrogens with zero attached hydrogens (tertiary/aromatic N) is 3. The molecule has 3 fully saturated rings. The Labute approximate surface area is 144 Å². The molecule has 2 atom stereocenters. The first-order valence-corrected chi connectivity index (χ1v) is 9.50. The average molecular weight is 331 g/mol. The zero-order valence-electron chi connectivity index (χ0n) is 14.4. The number of amides is 1. The second-order valence-electron chi connectivity index (χ2n) is 7.67. The molecule has 3 aliphatic rings. The fourth-order valence-electron chi connectivity index (χ4n) is 4.75. The molecule has 132 valence electrons. The molecule has 6 nitrogen and oxygen atoms in total. The van der Waals surface area contributed by atoms with E-state index in [1.807, 2.05) is 12.4 Å². The van der Waals surface area contributed by atoms with Gasteiger partial charge in [0.05, 0.1) is 6.54 Å². The highest BCUT2D eigenvalue weighted by molar-refractivity contribution is 5.77. The lowest BCUT2D eigenvalue weighted by Gasteiger charge is -2.48. The summed E-state index contributed by atoms with van der Waals surface area (Å²) in [6, 6.07) is 0.467. The molecule has 0 aromatic carbocycles. The predicted molar refractivity (Wildman–Crippen MR) is 92.3 cm³/mol. The molecule has 1 aromatic rings. The van der Waals surface area contributed by atoms with Crippen molar-refractivity contribution in [2.24, 2.45) is 11.8 Å². The van der Waals surface area contributed by atoms with Gasteiger partial charge < -0.3 is 15.2 Å². The summed E-state index contributed by atoms with van der Waals surface area (Å²) in [5.74, 6) is 2.77. The van der Waals surface area contributed by atoms with Crippen molar-refractivity contribution >= 4 is 5.91 Å². The van der Waals surface area contributed by atoms with Crippen molar-refractivity contribution in [2.75, 3.05) is 32.7 Å². The van der Waals surface area contributed by atoms with Crippen LogP contribution in [-0.4, -0.2) is 64.4 Å². The van der Waals surface area contributed by atoms with E-state index in [1.54, 1.807) is 0 Å². The number of aromatic amines is 1. The number of piperidine rings is 3. The molecule has 4 rings (SSSR count). The molecule has 6 heteroatoms. The number of H-pyrrole nitrogens is 1. The minimum absolute atomic E-state index is 0.397. The summed E-state index contributed by atoms with van der Waals surface area (Å²) in [7, 11) is 0. The van der Waals surface area contributed by atoms with E-state index in [-0.39, 0.29) is 0 Å². The lowest BCUT2D eigenvalue weighted by atomic mass is 9.82. The lowest BCUT2D eigenvalue weighted by molar-refractivity contribution is -0.142. The third kappa shape index (κ3) is 3.49. The van der Waals surface area contributed by atoms with Crippen molar-refractivity contribution in [3.05, 3.63) is 18.2 Å². The molecule has 1 aromatic heterocycles. The minimum Gasteiger partial charge on any atom is -0.348 e. The Morgan fingerprint density at radius 3 is 2.88 bits per heavy atom. The summed E-state index contributed by atoms with van der Waals surface area (Å²) in [4.78, 5) is 24.9. The van der Waals surface area contributed by atoms with Gasteiger partial charge in [-0.2, -0.15) is 0 Å². The van der Waals surface area contributed by atoms with Crippen LogP contribution in [0.15, 0.2) is 12.4 Å². The molecule has 24 heavy (non-hydrogen) atoms. The van der Waals surface area contributed by atoms with Crippen molar-refractivity contribution in [1.29, 1.82) is 0 Å². The van der Waals surface area contributed by atoms with E-state index in [9.17, 15) is 4.79 Å². The highest BCUT2D eigenvalue weighted by Gasteiger charge is 2.40. The Hall–Kier alpha value is -1.40. The van der Waals surface area contributed by atoms with Gasteiger partial charge in [0.25, 0.3) is 0 Å². The van der Waals surface area contributed by atoms with Gasteiger partial charge in [-0.15, -0.1) is 0 Å². The number of nitrogens with one attached hydrogen (secondary N) is 2. The second-order valence-corrected chi connectivity index (χ2v) is 7.67. The van der Waals surface area contributed by atoms with Gasteiger partial charge in [-0.25, -0.2) is 4.98 Å². The van der Waals surface area contributed by atoms with E-state index in [2.05, 4.69) is 25.1 Å². The van der Waals surface area contributed by atoms with Gasteiger partial charge in [0.15, 0.2) is 0 Å². The Morgan fingerprint density at radius 2 is 2.08 bits per heavy atom. The summed E-state index contributed by atoms with van der Waals surface area (Å²) in [5.41, 5.74) is 0. The summed E-state index contributed by atoms with van der Waals surface area (Å²) < 4.78 is 0. The average Bonchev–Trinajstić information content (AvgIpc) is 3.11. The summed E-state index contributed by atoms with van der Waals surface area (Å²) in [6.07, 6.45) is 9.05. The minimum atomic E-state index is 0.397. The Balaban J connectivity index is 1.37. The Bertz CT molecular complexity index is 540. The zero-order chi connectivity index (χ0) is 16.4. The monoisotopic (exact) mass is 331 g/mol. The molecule has 0 aliphatic carbocycles. The third-order valence-electron chi connectivity index (χ3n) is 6.07. The normalized spacial score (nSPS) is 29.7. The molecule has 3 aliphatic heterocycles. The number of rotatable bonds is 4. The van der Waals surface area contributed by atoms with E-state index in [4.69, 9.17) is 0 Å². The highest BCUT2D eigenvalue weighted by Crippen LogP contribution is 2.33. The number of likely N-dealkylation sites (tertiary alicyclic amines) is 2. The predicted octanol–water partition coefficient (Wildman–Crippen LogP) is 1.22. The first-order chi connectivity index (χ1) is 11.8. The first kappa shape index (κ1) is 16.1. The first-order valence-electron chi connectivity index (χ1n) is 9.50. The number of fused-ring (bicyclic) bond motifs is 1. The maximum absolute atomic E-state index is 12.5. The van der Waals surface area contributed by atoms with Crippen LogP contribution in [0.25, 0.3) is 0 Å². The maximum Gasteiger partial charge on any atom is 0.222 e. The Morgan fingerprint density at radius 1 is 1.21 bits per heavy atom. The quantitative estimate of drug-likeness (QED) is 0.871. The number of carbonyl (C=O) groups excluding carboxylic acids is 1. The number of imidazole rings is 1. The van der Waals surface area contributed by atoms with Crippen molar-refractivity contribution in [3.63, 3.8) is 0 Å². The highest BCUT2D eigenvalue weighted by atomic mass is 16.2. The van der Waals surface area contributed by atoms with Crippen LogP contribution in [0.4, 0.5) is 0 Å². The van der Waals surface area contributed by atoms with Crippen molar-refractivity contribution < 1.29 is 4.79 Å². The van der Waals surface area contributed by atoms with Gasteiger partial charge in [0.2, 0.25) is 5.91 Å². The van der Waals surface area contributed by atoms with Gasteiger partial charge in [0, 0.05) is 44.5 Å². The molecule has 2 N–H and O–H groups in total. The van der Waals surface area contributed by atoms with E-state index in [1.165, 1.54) is 12.8 Å². The molecule has 4 heterocycles. The van der Waals surface area contributed by atoms with Crippen LogP contribution in [0.5, 0.6) is 0 Å². The summed E-state index contributed by atoms with van der Waals surface area (Å²) in [5, 5.41) is 3.43. The molecule has 0 unspecified atom stereocenters. The maximum atomic E-state index is 12.5. The fraction of sp³-hybridized carbons (Fsp3) is 0.778. The topological polar surface area (TPSA) is 64.3 Å². The largest absolute Gasteiger partial charge is 0.348 e. The summed E-state index contributed by atoms with van der Waals surface area (Å²) >= 11 is 0. The molecule has 0 radical (unpaired) electrons. The van der Waals surface area contributed by atoms with Crippen LogP contribution in [0, 0.1) is 11.8 Å². The van der Waals surface area contributed by atoms with Crippen LogP contribution < -0.4 is 5.32 Å². The van der Waals surface area contributed by atoms with Crippen LogP contribution >= 0.6 is 0 Å². The van der Waals surface area contributed by atoms with E-state index < -0.39 is 0 Å². The zero-order valence-corrected chi connectivity index (χ0v) is 14.4. The molecule has 1 amide bonds. The molecule has 3 saturated heterocycles. The van der Waals surface area contributed by atoms with Crippen molar-refractivity contribution in [3.8, 4) is 0 Å². The van der Waals surface area contributed by atoms with Gasteiger partial charge >= 0.3 is 0 Å². The van der Waals surface area contributed by atoms with Crippen LogP contribution in [-0.2, 0) is 11.3 Å². The van der Waals surface area contributed by atoms with E-state index in [0.717, 1.165) is 64.4 Å². The number of carbonyl (C=O) groups is 1. The van der Waals surface area contributed by atoms with Crippen LogP contribution in [0.1, 0.15) is 37.9 Å².